The van der Waals surface area contributed by atoms with Crippen LogP contribution in [0.2, 0.25) is 0 Å². The van der Waals surface area contributed by atoms with Crippen molar-refractivity contribution >= 4 is 21.2 Å². The molecule has 2 aromatic heterocycles. The molecule has 13 heteroatoms. The number of nitrogens with zero attached hydrogens (tertiary/aromatic N) is 3. The van der Waals surface area contributed by atoms with E-state index in [2.05, 4.69) is 23.6 Å². The van der Waals surface area contributed by atoms with Gasteiger partial charge in [-0.05, 0) is 57.0 Å². The Bertz CT molecular complexity index is 1800. The number of benzene rings is 2. The average molecular weight is 642 g/mol. The van der Waals surface area contributed by atoms with Gasteiger partial charge in [-0.3, -0.25) is 9.52 Å². The number of hydrogen-bond donors (Lipinski definition) is 2. The molecular weight excluding hydrogens is 598 g/mol. The number of sulfonamides is 1. The highest BCUT2D eigenvalue weighted by Crippen LogP contribution is 2.43. The molecule has 1 unspecified atom stereocenters. The highest BCUT2D eigenvalue weighted by molar-refractivity contribution is 7.92. The molecule has 0 saturated carbocycles. The molecule has 0 spiro atoms. The molecule has 2 aromatic carbocycles. The molecule has 0 amide bonds. The molecule has 0 aliphatic heterocycles. The van der Waals surface area contributed by atoms with Crippen LogP contribution >= 0.6 is 0 Å². The summed E-state index contributed by atoms with van der Waals surface area (Å²) in [5.41, 5.74) is 1.05. The number of imidazole rings is 1. The van der Waals surface area contributed by atoms with Gasteiger partial charge in [0, 0.05) is 5.92 Å². The minimum absolute atomic E-state index is 0.0788. The summed E-state index contributed by atoms with van der Waals surface area (Å²) in [5, 5.41) is 4.81. The van der Waals surface area contributed by atoms with Crippen molar-refractivity contribution in [2.75, 3.05) is 32.7 Å². The number of hydrogen-bond acceptors (Lipinski definition) is 9. The summed E-state index contributed by atoms with van der Waals surface area (Å²) in [4.78, 5) is 21.0. The monoisotopic (exact) mass is 641 g/mol. The van der Waals surface area contributed by atoms with E-state index in [4.69, 9.17) is 29.0 Å². The minimum atomic E-state index is -4.16. The zero-order chi connectivity index (χ0) is 32.7. The first-order chi connectivity index (χ1) is 21.6. The van der Waals surface area contributed by atoms with E-state index in [1.807, 2.05) is 6.92 Å². The van der Waals surface area contributed by atoms with E-state index in [1.54, 1.807) is 23.6 Å². The van der Waals surface area contributed by atoms with E-state index in [0.717, 1.165) is 37.9 Å². The maximum atomic E-state index is 13.7. The smallest absolute Gasteiger partial charge is 0.277 e. The topological polar surface area (TPSA) is 146 Å². The molecule has 0 fully saturated rings. The number of H-pyrrole nitrogens is 1. The van der Waals surface area contributed by atoms with Gasteiger partial charge in [-0.15, -0.1) is 5.10 Å². The number of rotatable bonds is 16. The first kappa shape index (κ1) is 33.6. The van der Waals surface area contributed by atoms with Crippen LogP contribution in [-0.2, 0) is 10.0 Å². The molecule has 4 aromatic rings. The van der Waals surface area contributed by atoms with E-state index in [0.29, 0.717) is 34.9 Å². The van der Waals surface area contributed by atoms with Crippen LogP contribution in [0.3, 0.4) is 0 Å². The predicted molar refractivity (Wildman–Crippen MR) is 174 cm³/mol. The van der Waals surface area contributed by atoms with Gasteiger partial charge in [-0.25, -0.2) is 17.9 Å². The van der Waals surface area contributed by atoms with Crippen molar-refractivity contribution in [2.45, 2.75) is 77.0 Å². The van der Waals surface area contributed by atoms with Crippen LogP contribution < -0.4 is 29.2 Å². The van der Waals surface area contributed by atoms with Crippen molar-refractivity contribution < 1.29 is 27.4 Å². The first-order valence-corrected chi connectivity index (χ1v) is 16.7. The van der Waals surface area contributed by atoms with Gasteiger partial charge in [-0.1, -0.05) is 39.5 Å². The number of unbranched alkanes of at least 4 members (excludes halogenated alkanes) is 3. The molecule has 0 radical (unpaired) electrons. The van der Waals surface area contributed by atoms with Crippen LogP contribution in [0.1, 0.15) is 76.7 Å². The molecule has 4 rings (SSSR count). The van der Waals surface area contributed by atoms with Crippen LogP contribution in [0.4, 0.5) is 5.69 Å². The van der Waals surface area contributed by atoms with Gasteiger partial charge in [-0.2, -0.15) is 0 Å². The summed E-state index contributed by atoms with van der Waals surface area (Å²) in [6, 6.07) is 7.50. The standard InChI is InChI=1S/C32H43N5O7S/c1-8-11-12-13-14-21(9-2)31-33-20(4)27-32(38)34-30(35-37(27)31)23-19-22(15-17-25(23)44-10-3)45(39,40)36-24-16-18-26(41-5)29(43-7)28(24)42-6/h15-19,21,36H,8-14H2,1-7H3,(H,34,35,38). The molecule has 0 saturated heterocycles. The fourth-order valence-corrected chi connectivity index (χ4v) is 6.53. The van der Waals surface area contributed by atoms with E-state index in [1.165, 1.54) is 45.9 Å². The molecule has 0 aliphatic rings. The average Bonchev–Trinajstić information content (AvgIpc) is 3.36. The van der Waals surface area contributed by atoms with Crippen LogP contribution in [0.25, 0.3) is 16.9 Å². The third-order valence-electron chi connectivity index (χ3n) is 7.73. The lowest BCUT2D eigenvalue weighted by atomic mass is 9.97. The molecule has 1 atom stereocenters. The molecule has 2 heterocycles. The molecule has 244 valence electrons. The third-order valence-corrected chi connectivity index (χ3v) is 9.09. The zero-order valence-electron chi connectivity index (χ0n) is 27.0. The lowest BCUT2D eigenvalue weighted by Gasteiger charge is -2.17. The van der Waals surface area contributed by atoms with Crippen molar-refractivity contribution in [2.24, 2.45) is 0 Å². The van der Waals surface area contributed by atoms with Crippen molar-refractivity contribution in [3.63, 3.8) is 0 Å². The Labute approximate surface area is 264 Å². The summed E-state index contributed by atoms with van der Waals surface area (Å²) < 4.78 is 53.6. The number of fused-ring (bicyclic) bond motifs is 1. The number of aromatic amines is 1. The van der Waals surface area contributed by atoms with Gasteiger partial charge >= 0.3 is 0 Å². The Kier molecular flexibility index (Phi) is 11.0. The minimum Gasteiger partial charge on any atom is -0.493 e. The second-order valence-electron chi connectivity index (χ2n) is 10.7. The van der Waals surface area contributed by atoms with Gasteiger partial charge in [0.25, 0.3) is 15.6 Å². The van der Waals surface area contributed by atoms with Crippen molar-refractivity contribution in [1.29, 1.82) is 0 Å². The predicted octanol–water partition coefficient (Wildman–Crippen LogP) is 6.08. The second-order valence-corrected chi connectivity index (χ2v) is 12.3. The Balaban J connectivity index is 1.81. The molecule has 12 nitrogen and oxygen atoms in total. The summed E-state index contributed by atoms with van der Waals surface area (Å²) in [6.07, 6.45) is 6.29. The van der Waals surface area contributed by atoms with Crippen molar-refractivity contribution in [3.05, 3.63) is 52.2 Å². The highest BCUT2D eigenvalue weighted by Gasteiger charge is 2.25. The van der Waals surface area contributed by atoms with Crippen LogP contribution in [-0.4, -0.2) is 55.9 Å². The maximum absolute atomic E-state index is 13.7. The molecule has 2 N–H and O–H groups in total. The van der Waals surface area contributed by atoms with Crippen LogP contribution in [0, 0.1) is 6.92 Å². The van der Waals surface area contributed by atoms with Crippen molar-refractivity contribution in [1.82, 2.24) is 19.6 Å². The quantitative estimate of drug-likeness (QED) is 0.139. The maximum Gasteiger partial charge on any atom is 0.277 e. The molecule has 0 aliphatic carbocycles. The number of aromatic nitrogens is 4. The van der Waals surface area contributed by atoms with Crippen molar-refractivity contribution in [3.8, 4) is 34.4 Å². The Morgan fingerprint density at radius 3 is 2.33 bits per heavy atom. The van der Waals surface area contributed by atoms with Crippen LogP contribution in [0.15, 0.2) is 40.0 Å². The number of anilines is 1. The summed E-state index contributed by atoms with van der Waals surface area (Å²) in [6.45, 7) is 8.22. The van der Waals surface area contributed by atoms with Gasteiger partial charge < -0.3 is 23.9 Å². The Hall–Kier alpha value is -4.26. The number of ether oxygens (including phenoxy) is 4. The Morgan fingerprint density at radius 1 is 0.956 bits per heavy atom. The molecular formula is C32H43N5O7S. The van der Waals surface area contributed by atoms with Crippen LogP contribution in [0.5, 0.6) is 23.0 Å². The third kappa shape index (κ3) is 7.03. The lowest BCUT2D eigenvalue weighted by Crippen LogP contribution is -2.17. The van der Waals surface area contributed by atoms with E-state index < -0.39 is 10.0 Å². The molecule has 0 bridgehead atoms. The summed E-state index contributed by atoms with van der Waals surface area (Å²) >= 11 is 0. The highest BCUT2D eigenvalue weighted by atomic mass is 32.2. The summed E-state index contributed by atoms with van der Waals surface area (Å²) in [7, 11) is 0.152. The SMILES string of the molecule is CCCCCCC(CC)c1nc(C)c2c(=O)[nH]c(-c3cc(S(=O)(=O)Nc4ccc(OC)c(OC)c4OC)ccc3OCC)nn12. The Morgan fingerprint density at radius 2 is 1.69 bits per heavy atom. The van der Waals surface area contributed by atoms with E-state index >= 15 is 0 Å². The number of nitrogens with one attached hydrogen (secondary N) is 2. The normalized spacial score (nSPS) is 12.2. The fraction of sp³-hybridized carbons (Fsp3) is 0.469. The van der Waals surface area contributed by atoms with E-state index in [9.17, 15) is 13.2 Å². The van der Waals surface area contributed by atoms with Gasteiger partial charge in [0.1, 0.15) is 11.6 Å². The largest absolute Gasteiger partial charge is 0.493 e. The van der Waals surface area contributed by atoms with Gasteiger partial charge in [0.2, 0.25) is 5.75 Å². The number of aryl methyl sites for hydroxylation is 1. The summed E-state index contributed by atoms with van der Waals surface area (Å²) in [5.74, 6) is 2.15. The van der Waals surface area contributed by atoms with E-state index in [-0.39, 0.29) is 39.4 Å². The van der Waals surface area contributed by atoms with Gasteiger partial charge in [0.05, 0.1) is 49.8 Å². The fourth-order valence-electron chi connectivity index (χ4n) is 5.44. The lowest BCUT2D eigenvalue weighted by molar-refractivity contribution is 0.325. The second kappa shape index (κ2) is 14.7. The number of methoxy groups -OCH3 is 3. The zero-order valence-corrected chi connectivity index (χ0v) is 27.8. The molecule has 45 heavy (non-hydrogen) atoms. The first-order valence-electron chi connectivity index (χ1n) is 15.2. The van der Waals surface area contributed by atoms with Gasteiger partial charge in [0.15, 0.2) is 22.8 Å².